The molecule has 0 spiro atoms. The van der Waals surface area contributed by atoms with E-state index in [2.05, 4.69) is 15.6 Å². The third-order valence-corrected chi connectivity index (χ3v) is 3.18. The van der Waals surface area contributed by atoms with Crippen molar-refractivity contribution >= 4 is 11.6 Å². The molecule has 0 aliphatic rings. The molecule has 1 aromatic carbocycles. The monoisotopic (exact) mass is 286 g/mol. The van der Waals surface area contributed by atoms with Crippen LogP contribution >= 0.6 is 0 Å². The van der Waals surface area contributed by atoms with Crippen molar-refractivity contribution in [2.75, 3.05) is 11.9 Å². The lowest BCUT2D eigenvalue weighted by atomic mass is 10.2. The average molecular weight is 286 g/mol. The van der Waals surface area contributed by atoms with Crippen molar-refractivity contribution in [2.24, 2.45) is 0 Å². The number of amides is 1. The van der Waals surface area contributed by atoms with E-state index in [1.54, 1.807) is 12.5 Å². The maximum atomic E-state index is 12.0. The van der Waals surface area contributed by atoms with E-state index in [4.69, 9.17) is 0 Å². The van der Waals surface area contributed by atoms with Crippen molar-refractivity contribution in [2.45, 2.75) is 32.9 Å². The molecule has 0 saturated heterocycles. The zero-order chi connectivity index (χ0) is 15.1. The molecule has 1 unspecified atom stereocenters. The van der Waals surface area contributed by atoms with Gasteiger partial charge in [0, 0.05) is 37.1 Å². The van der Waals surface area contributed by atoms with Crippen molar-refractivity contribution in [3.63, 3.8) is 0 Å². The van der Waals surface area contributed by atoms with E-state index in [-0.39, 0.29) is 11.9 Å². The van der Waals surface area contributed by atoms with E-state index in [1.807, 2.05) is 48.9 Å². The lowest BCUT2D eigenvalue weighted by molar-refractivity contribution is -0.116. The molecule has 1 heterocycles. The van der Waals surface area contributed by atoms with Gasteiger partial charge in [0.1, 0.15) is 0 Å². The van der Waals surface area contributed by atoms with Gasteiger partial charge in [-0.15, -0.1) is 0 Å². The molecular formula is C16H22N4O. The molecule has 1 atom stereocenters. The summed E-state index contributed by atoms with van der Waals surface area (Å²) in [6.07, 6.45) is 5.93. The zero-order valence-corrected chi connectivity index (χ0v) is 12.5. The first-order valence-electron chi connectivity index (χ1n) is 7.25. The second-order valence-electron chi connectivity index (χ2n) is 5.15. The number of benzene rings is 1. The number of imidazole rings is 1. The van der Waals surface area contributed by atoms with E-state index < -0.39 is 0 Å². The Morgan fingerprint density at radius 1 is 1.43 bits per heavy atom. The molecule has 21 heavy (non-hydrogen) atoms. The Bertz CT molecular complexity index is 565. The maximum Gasteiger partial charge on any atom is 0.225 e. The van der Waals surface area contributed by atoms with Gasteiger partial charge >= 0.3 is 0 Å². The summed E-state index contributed by atoms with van der Waals surface area (Å²) in [5.41, 5.74) is 1.96. The maximum absolute atomic E-state index is 12.0. The molecule has 1 amide bonds. The minimum absolute atomic E-state index is 0.0308. The van der Waals surface area contributed by atoms with Crippen molar-refractivity contribution < 1.29 is 4.79 Å². The Labute approximate surface area is 125 Å². The first-order valence-corrected chi connectivity index (χ1v) is 7.25. The van der Waals surface area contributed by atoms with Gasteiger partial charge in [-0.1, -0.05) is 19.1 Å². The molecule has 0 fully saturated rings. The number of nitrogens with one attached hydrogen (secondary N) is 2. The van der Waals surface area contributed by atoms with E-state index >= 15 is 0 Å². The first kappa shape index (κ1) is 15.3. The first-order chi connectivity index (χ1) is 10.2. The second kappa shape index (κ2) is 7.59. The third kappa shape index (κ3) is 5.04. The van der Waals surface area contributed by atoms with Gasteiger partial charge in [0.25, 0.3) is 0 Å². The Hall–Kier alpha value is -2.14. The van der Waals surface area contributed by atoms with Gasteiger partial charge in [0.05, 0.1) is 6.33 Å². The minimum Gasteiger partial charge on any atom is -0.333 e. The summed E-state index contributed by atoms with van der Waals surface area (Å²) >= 11 is 0. The van der Waals surface area contributed by atoms with Gasteiger partial charge in [-0.2, -0.15) is 0 Å². The molecule has 5 nitrogen and oxygen atoms in total. The fraction of sp³-hybridized carbons (Fsp3) is 0.375. The molecule has 0 saturated carbocycles. The molecular weight excluding hydrogens is 264 g/mol. The summed E-state index contributed by atoms with van der Waals surface area (Å²) in [6, 6.07) is 8.08. The standard InChI is InChI=1S/C16H22N4O/c1-3-18-13(2)9-16(21)19-15-6-4-5-14(10-15)11-20-8-7-17-12-20/h4-8,10,12-13,18H,3,9,11H2,1-2H3,(H,19,21). The molecule has 0 bridgehead atoms. The quantitative estimate of drug-likeness (QED) is 0.821. The highest BCUT2D eigenvalue weighted by Gasteiger charge is 2.08. The van der Waals surface area contributed by atoms with Crippen LogP contribution in [0.25, 0.3) is 0 Å². The van der Waals surface area contributed by atoms with Gasteiger partial charge in [0.2, 0.25) is 5.91 Å². The van der Waals surface area contributed by atoms with Gasteiger partial charge < -0.3 is 15.2 Å². The molecule has 2 rings (SSSR count). The number of hydrogen-bond donors (Lipinski definition) is 2. The topological polar surface area (TPSA) is 59.0 Å². The van der Waals surface area contributed by atoms with E-state index in [1.165, 1.54) is 0 Å². The number of carbonyl (C=O) groups is 1. The lowest BCUT2D eigenvalue weighted by Crippen LogP contribution is -2.30. The van der Waals surface area contributed by atoms with Crippen LogP contribution in [0.2, 0.25) is 0 Å². The van der Waals surface area contributed by atoms with Gasteiger partial charge in [0.15, 0.2) is 0 Å². The molecule has 0 radical (unpaired) electrons. The van der Waals surface area contributed by atoms with Crippen LogP contribution in [0.15, 0.2) is 43.0 Å². The summed E-state index contributed by atoms with van der Waals surface area (Å²) in [4.78, 5) is 16.0. The number of nitrogens with zero attached hydrogens (tertiary/aromatic N) is 2. The number of aromatic nitrogens is 2. The summed E-state index contributed by atoms with van der Waals surface area (Å²) in [6.45, 7) is 5.67. The van der Waals surface area contributed by atoms with Crippen LogP contribution < -0.4 is 10.6 Å². The zero-order valence-electron chi connectivity index (χ0n) is 12.5. The average Bonchev–Trinajstić information content (AvgIpc) is 2.92. The van der Waals surface area contributed by atoms with Crippen LogP contribution in [-0.4, -0.2) is 28.0 Å². The number of hydrogen-bond acceptors (Lipinski definition) is 3. The van der Waals surface area contributed by atoms with Crippen molar-refractivity contribution in [1.29, 1.82) is 0 Å². The number of rotatable bonds is 7. The van der Waals surface area contributed by atoms with E-state index in [9.17, 15) is 4.79 Å². The van der Waals surface area contributed by atoms with E-state index in [0.717, 1.165) is 24.3 Å². The molecule has 112 valence electrons. The van der Waals surface area contributed by atoms with E-state index in [0.29, 0.717) is 6.42 Å². The molecule has 0 aliphatic carbocycles. The molecule has 1 aromatic heterocycles. The Kier molecular flexibility index (Phi) is 5.51. The smallest absolute Gasteiger partial charge is 0.225 e. The second-order valence-corrected chi connectivity index (χ2v) is 5.15. The largest absolute Gasteiger partial charge is 0.333 e. The van der Waals surface area contributed by atoms with Crippen molar-refractivity contribution in [1.82, 2.24) is 14.9 Å². The molecule has 2 aromatic rings. The molecule has 0 aliphatic heterocycles. The Balaban J connectivity index is 1.93. The normalized spacial score (nSPS) is 12.1. The summed E-state index contributed by atoms with van der Waals surface area (Å²) in [5, 5.41) is 6.18. The predicted octanol–water partition coefficient (Wildman–Crippen LogP) is 2.26. The van der Waals surface area contributed by atoms with Crippen LogP contribution in [0.1, 0.15) is 25.8 Å². The Morgan fingerprint density at radius 3 is 3.00 bits per heavy atom. The van der Waals surface area contributed by atoms with Crippen molar-refractivity contribution in [3.8, 4) is 0 Å². The summed E-state index contributed by atoms with van der Waals surface area (Å²) in [7, 11) is 0. The molecule has 5 heteroatoms. The Morgan fingerprint density at radius 2 is 2.29 bits per heavy atom. The predicted molar refractivity (Wildman–Crippen MR) is 84.2 cm³/mol. The van der Waals surface area contributed by atoms with Gasteiger partial charge in [-0.05, 0) is 31.2 Å². The van der Waals surface area contributed by atoms with Crippen LogP contribution in [-0.2, 0) is 11.3 Å². The highest BCUT2D eigenvalue weighted by Crippen LogP contribution is 2.12. The van der Waals surface area contributed by atoms with Gasteiger partial charge in [-0.25, -0.2) is 4.98 Å². The minimum atomic E-state index is 0.0308. The lowest BCUT2D eigenvalue weighted by Gasteiger charge is -2.12. The fourth-order valence-corrected chi connectivity index (χ4v) is 2.25. The van der Waals surface area contributed by atoms with Crippen LogP contribution in [0.3, 0.4) is 0 Å². The highest BCUT2D eigenvalue weighted by atomic mass is 16.1. The highest BCUT2D eigenvalue weighted by molar-refractivity contribution is 5.91. The fourth-order valence-electron chi connectivity index (χ4n) is 2.25. The van der Waals surface area contributed by atoms with Crippen LogP contribution in [0, 0.1) is 0 Å². The number of anilines is 1. The van der Waals surface area contributed by atoms with Crippen LogP contribution in [0.4, 0.5) is 5.69 Å². The SMILES string of the molecule is CCNC(C)CC(=O)Nc1cccc(Cn2ccnc2)c1. The summed E-state index contributed by atoms with van der Waals surface area (Å²) in [5.74, 6) is 0.0308. The van der Waals surface area contributed by atoms with Gasteiger partial charge in [-0.3, -0.25) is 4.79 Å². The number of carbonyl (C=O) groups excluding carboxylic acids is 1. The van der Waals surface area contributed by atoms with Crippen LogP contribution in [0.5, 0.6) is 0 Å². The molecule has 2 N–H and O–H groups in total. The van der Waals surface area contributed by atoms with Crippen molar-refractivity contribution in [3.05, 3.63) is 48.5 Å². The summed E-state index contributed by atoms with van der Waals surface area (Å²) < 4.78 is 1.99. The third-order valence-electron chi connectivity index (χ3n) is 3.18.